The minimum absolute atomic E-state index is 0.0962. The van der Waals surface area contributed by atoms with Gasteiger partial charge in [-0.3, -0.25) is 4.79 Å². The zero-order valence-corrected chi connectivity index (χ0v) is 15.2. The molecule has 0 fully saturated rings. The van der Waals surface area contributed by atoms with Crippen LogP contribution in [-0.2, 0) is 36.2 Å². The van der Waals surface area contributed by atoms with Crippen LogP contribution in [0.25, 0.3) is 21.8 Å². The first-order chi connectivity index (χ1) is 13.2. The van der Waals surface area contributed by atoms with Crippen molar-refractivity contribution in [2.75, 3.05) is 7.11 Å². The number of amides is 1. The molecule has 0 aliphatic carbocycles. The van der Waals surface area contributed by atoms with Crippen molar-refractivity contribution in [1.82, 2.24) is 20.0 Å². The van der Waals surface area contributed by atoms with Crippen molar-refractivity contribution in [1.29, 1.82) is 0 Å². The number of methoxy groups -OCH3 is 1. The van der Waals surface area contributed by atoms with Gasteiger partial charge in [-0.05, 0) is 23.8 Å². The van der Waals surface area contributed by atoms with Crippen LogP contribution in [0.15, 0.2) is 47.0 Å². The summed E-state index contributed by atoms with van der Waals surface area (Å²) in [7, 11) is 3.61. The third-order valence-electron chi connectivity index (χ3n) is 4.56. The number of carbonyl (C=O) groups is 1. The van der Waals surface area contributed by atoms with Gasteiger partial charge in [0.2, 0.25) is 11.8 Å². The molecule has 0 aliphatic rings. The number of hydrogen-bond donors (Lipinski definition) is 1. The molecule has 4 rings (SSSR count). The van der Waals surface area contributed by atoms with Crippen LogP contribution in [0.5, 0.6) is 0 Å². The van der Waals surface area contributed by atoms with Gasteiger partial charge in [-0.15, -0.1) is 0 Å². The Kier molecular flexibility index (Phi) is 4.60. The van der Waals surface area contributed by atoms with Crippen LogP contribution in [0, 0.1) is 0 Å². The number of rotatable bonds is 6. The fourth-order valence-corrected chi connectivity index (χ4v) is 3.30. The number of fused-ring (bicyclic) bond motifs is 3. The monoisotopic (exact) mass is 364 g/mol. The minimum Gasteiger partial charge on any atom is -0.377 e. The quantitative estimate of drug-likeness (QED) is 0.569. The van der Waals surface area contributed by atoms with Crippen molar-refractivity contribution in [3.8, 4) is 0 Å². The van der Waals surface area contributed by atoms with Gasteiger partial charge in [-0.25, -0.2) is 0 Å². The zero-order chi connectivity index (χ0) is 18.8. The van der Waals surface area contributed by atoms with E-state index < -0.39 is 0 Å². The maximum Gasteiger partial charge on any atom is 0.246 e. The second kappa shape index (κ2) is 7.20. The highest BCUT2D eigenvalue weighted by molar-refractivity contribution is 6.08. The Hall–Kier alpha value is -3.19. The van der Waals surface area contributed by atoms with Crippen molar-refractivity contribution < 1.29 is 14.1 Å². The van der Waals surface area contributed by atoms with Crippen LogP contribution in [0.3, 0.4) is 0 Å². The molecule has 7 heteroatoms. The van der Waals surface area contributed by atoms with Gasteiger partial charge in [0.25, 0.3) is 0 Å². The number of nitrogens with zero attached hydrogens (tertiary/aromatic N) is 3. The number of nitrogens with one attached hydrogen (secondary N) is 1. The number of aromatic nitrogens is 3. The molecule has 0 atom stereocenters. The average molecular weight is 364 g/mol. The fraction of sp³-hybridized carbons (Fsp3) is 0.250. The molecule has 0 aliphatic heterocycles. The van der Waals surface area contributed by atoms with Crippen LogP contribution < -0.4 is 5.32 Å². The molecule has 0 unspecified atom stereocenters. The maximum atomic E-state index is 12.3. The van der Waals surface area contributed by atoms with Crippen molar-refractivity contribution in [3.05, 3.63) is 59.7 Å². The summed E-state index contributed by atoms with van der Waals surface area (Å²) in [6.45, 7) is 0.481. The van der Waals surface area contributed by atoms with Gasteiger partial charge in [0.05, 0.1) is 13.0 Å². The molecule has 0 saturated carbocycles. The van der Waals surface area contributed by atoms with E-state index in [1.165, 1.54) is 10.9 Å². The SMILES string of the molecule is COCc1noc(CNC(=O)Cc2ccc3c(c2)c2ccccc2n3C)n1. The van der Waals surface area contributed by atoms with Crippen molar-refractivity contribution in [3.63, 3.8) is 0 Å². The van der Waals surface area contributed by atoms with Gasteiger partial charge < -0.3 is 19.1 Å². The van der Waals surface area contributed by atoms with E-state index in [2.05, 4.69) is 51.3 Å². The summed E-state index contributed by atoms with van der Waals surface area (Å²) in [5.41, 5.74) is 3.29. The maximum absolute atomic E-state index is 12.3. The molecule has 7 nitrogen and oxygen atoms in total. The summed E-state index contributed by atoms with van der Waals surface area (Å²) >= 11 is 0. The summed E-state index contributed by atoms with van der Waals surface area (Å²) in [5.74, 6) is 0.726. The molecule has 0 bridgehead atoms. The first kappa shape index (κ1) is 17.2. The van der Waals surface area contributed by atoms with E-state index in [0.717, 1.165) is 16.5 Å². The van der Waals surface area contributed by atoms with Gasteiger partial charge in [0, 0.05) is 36.0 Å². The second-order valence-electron chi connectivity index (χ2n) is 6.42. The number of hydrogen-bond acceptors (Lipinski definition) is 5. The van der Waals surface area contributed by atoms with Crippen molar-refractivity contribution in [2.45, 2.75) is 19.6 Å². The molecular weight excluding hydrogens is 344 g/mol. The topological polar surface area (TPSA) is 82.2 Å². The Morgan fingerprint density at radius 1 is 1.19 bits per heavy atom. The van der Waals surface area contributed by atoms with Crippen LogP contribution >= 0.6 is 0 Å². The largest absolute Gasteiger partial charge is 0.377 e. The van der Waals surface area contributed by atoms with Crippen molar-refractivity contribution >= 4 is 27.7 Å². The zero-order valence-electron chi connectivity index (χ0n) is 15.2. The molecule has 0 radical (unpaired) electrons. The molecule has 0 saturated heterocycles. The average Bonchev–Trinajstić information content (AvgIpc) is 3.24. The summed E-state index contributed by atoms with van der Waals surface area (Å²) in [5, 5.41) is 8.92. The summed E-state index contributed by atoms with van der Waals surface area (Å²) in [6, 6.07) is 14.4. The van der Waals surface area contributed by atoms with E-state index in [1.54, 1.807) is 7.11 Å². The first-order valence-electron chi connectivity index (χ1n) is 8.69. The number of aryl methyl sites for hydroxylation is 1. The van der Waals surface area contributed by atoms with Gasteiger partial charge in [0.1, 0.15) is 6.61 Å². The molecule has 0 spiro atoms. The van der Waals surface area contributed by atoms with Gasteiger partial charge in [-0.1, -0.05) is 29.4 Å². The molecular formula is C20H20N4O3. The molecule has 2 heterocycles. The first-order valence-corrected chi connectivity index (χ1v) is 8.69. The molecule has 4 aromatic rings. The fourth-order valence-electron chi connectivity index (χ4n) is 3.30. The van der Waals surface area contributed by atoms with E-state index in [1.807, 2.05) is 18.2 Å². The highest BCUT2D eigenvalue weighted by Crippen LogP contribution is 2.28. The Morgan fingerprint density at radius 2 is 2.00 bits per heavy atom. The lowest BCUT2D eigenvalue weighted by atomic mass is 10.1. The normalized spacial score (nSPS) is 11.3. The third kappa shape index (κ3) is 3.41. The van der Waals surface area contributed by atoms with E-state index >= 15 is 0 Å². The van der Waals surface area contributed by atoms with E-state index in [4.69, 9.17) is 9.26 Å². The summed E-state index contributed by atoms with van der Waals surface area (Å²) in [4.78, 5) is 16.4. The molecule has 1 N–H and O–H groups in total. The Balaban J connectivity index is 1.47. The number of carbonyl (C=O) groups excluding carboxylic acids is 1. The van der Waals surface area contributed by atoms with E-state index in [-0.39, 0.29) is 25.5 Å². The van der Waals surface area contributed by atoms with Gasteiger partial charge in [0.15, 0.2) is 5.82 Å². The van der Waals surface area contributed by atoms with Gasteiger partial charge in [-0.2, -0.15) is 4.98 Å². The van der Waals surface area contributed by atoms with Crippen LogP contribution in [0.4, 0.5) is 0 Å². The number of para-hydroxylation sites is 1. The summed E-state index contributed by atoms with van der Waals surface area (Å²) in [6.07, 6.45) is 0.290. The molecule has 1 amide bonds. The van der Waals surface area contributed by atoms with Gasteiger partial charge >= 0.3 is 0 Å². The van der Waals surface area contributed by atoms with Crippen LogP contribution in [0.2, 0.25) is 0 Å². The standard InChI is InChI=1S/C20H20N4O3/c1-24-16-6-4-3-5-14(16)15-9-13(7-8-17(15)24)10-19(25)21-11-20-22-18(12-26-2)23-27-20/h3-9H,10-12H2,1-2H3,(H,21,25). The second-order valence-corrected chi connectivity index (χ2v) is 6.42. The molecule has 2 aromatic heterocycles. The van der Waals surface area contributed by atoms with E-state index in [9.17, 15) is 4.79 Å². The number of ether oxygens (including phenoxy) is 1. The highest BCUT2D eigenvalue weighted by atomic mass is 16.5. The molecule has 27 heavy (non-hydrogen) atoms. The smallest absolute Gasteiger partial charge is 0.246 e. The lowest BCUT2D eigenvalue weighted by Gasteiger charge is -2.04. The number of benzene rings is 2. The van der Waals surface area contributed by atoms with Crippen LogP contribution in [-0.4, -0.2) is 27.7 Å². The Bertz CT molecular complexity index is 1110. The summed E-state index contributed by atoms with van der Waals surface area (Å²) < 4.78 is 12.2. The molecule has 138 valence electrons. The molecule has 2 aromatic carbocycles. The lowest BCUT2D eigenvalue weighted by molar-refractivity contribution is -0.120. The highest BCUT2D eigenvalue weighted by Gasteiger charge is 2.11. The minimum atomic E-state index is -0.0962. The predicted molar refractivity (Wildman–Crippen MR) is 101 cm³/mol. The Labute approximate surface area is 155 Å². The predicted octanol–water partition coefficient (Wildman–Crippen LogP) is 2.72. The van der Waals surface area contributed by atoms with E-state index in [0.29, 0.717) is 11.7 Å². The third-order valence-corrected chi connectivity index (χ3v) is 4.56. The lowest BCUT2D eigenvalue weighted by Crippen LogP contribution is -2.24. The van der Waals surface area contributed by atoms with Crippen LogP contribution in [0.1, 0.15) is 17.3 Å². The Morgan fingerprint density at radius 3 is 2.85 bits per heavy atom. The van der Waals surface area contributed by atoms with Crippen molar-refractivity contribution in [2.24, 2.45) is 7.05 Å².